The second-order valence-electron chi connectivity index (χ2n) is 9.23. The highest BCUT2D eigenvalue weighted by Gasteiger charge is 2.43. The zero-order chi connectivity index (χ0) is 26.3. The third-order valence-corrected chi connectivity index (χ3v) is 8.77. The number of aliphatic carboxylic acids is 1. The highest BCUT2D eigenvalue weighted by atomic mass is 79.9. The summed E-state index contributed by atoms with van der Waals surface area (Å²) in [5, 5.41) is 9.58. The number of ketones is 2. The Kier molecular flexibility index (Phi) is 6.80. The summed E-state index contributed by atoms with van der Waals surface area (Å²) < 4.78 is 31.2. The number of carbonyl (C=O) groups excluding carboxylic acids is 2. The maximum Gasteiger partial charge on any atom is 0.339 e. The molecule has 0 bridgehead atoms. The van der Waals surface area contributed by atoms with E-state index in [2.05, 4.69) is 15.9 Å². The molecule has 3 aliphatic rings. The maximum absolute atomic E-state index is 13.2. The first-order valence-corrected chi connectivity index (χ1v) is 14.2. The van der Waals surface area contributed by atoms with Crippen LogP contribution in [0, 0.1) is 0 Å². The van der Waals surface area contributed by atoms with Gasteiger partial charge in [-0.25, -0.2) is 0 Å². The molecule has 0 atom stereocenters. The van der Waals surface area contributed by atoms with Crippen molar-refractivity contribution in [1.82, 2.24) is 4.90 Å². The number of nitrogens with zero attached hydrogens (tertiary/aromatic N) is 1. The standard InChI is InChI=1S/C27H24BrNO7S/c28-18-14-16(12-13-23(18)36-37(34,35)17-6-2-1-3-7-17)25-26-19(8-4-10-21(26)30)29(15-24(32)33)20-9-5-11-22(31)27(20)25/h1-3,6-7,12-14,25H,4-5,8-11,15H2,(H,32,33). The minimum Gasteiger partial charge on any atom is -0.480 e. The number of allylic oxidation sites excluding steroid dienone is 4. The Labute approximate surface area is 222 Å². The van der Waals surface area contributed by atoms with Gasteiger partial charge in [0.2, 0.25) is 0 Å². The van der Waals surface area contributed by atoms with E-state index in [1.807, 2.05) is 0 Å². The van der Waals surface area contributed by atoms with E-state index in [1.165, 1.54) is 18.2 Å². The van der Waals surface area contributed by atoms with Crippen LogP contribution in [0.2, 0.25) is 0 Å². The lowest BCUT2D eigenvalue weighted by Crippen LogP contribution is -2.41. The number of halogens is 1. The van der Waals surface area contributed by atoms with E-state index >= 15 is 0 Å². The van der Waals surface area contributed by atoms with Crippen molar-refractivity contribution in [2.24, 2.45) is 0 Å². The Morgan fingerprint density at radius 1 is 0.946 bits per heavy atom. The molecule has 1 heterocycles. The number of hydrogen-bond donors (Lipinski definition) is 1. The summed E-state index contributed by atoms with van der Waals surface area (Å²) in [6.45, 7) is -0.307. The topological polar surface area (TPSA) is 118 Å². The lowest BCUT2D eigenvalue weighted by molar-refractivity contribution is -0.138. The van der Waals surface area contributed by atoms with Crippen molar-refractivity contribution in [3.05, 3.63) is 81.1 Å². The molecule has 37 heavy (non-hydrogen) atoms. The summed E-state index contributed by atoms with van der Waals surface area (Å²) in [4.78, 5) is 39.9. The molecule has 10 heteroatoms. The Bertz CT molecular complexity index is 1430. The minimum absolute atomic E-state index is 0.0157. The average molecular weight is 586 g/mol. The Balaban J connectivity index is 1.60. The van der Waals surface area contributed by atoms with Gasteiger partial charge < -0.3 is 14.2 Å². The van der Waals surface area contributed by atoms with Gasteiger partial charge in [-0.1, -0.05) is 24.3 Å². The van der Waals surface area contributed by atoms with E-state index in [4.69, 9.17) is 4.18 Å². The first-order valence-electron chi connectivity index (χ1n) is 12.0. The predicted molar refractivity (Wildman–Crippen MR) is 137 cm³/mol. The quantitative estimate of drug-likeness (QED) is 0.484. The molecule has 1 N–H and O–H groups in total. The molecule has 2 aliphatic carbocycles. The molecule has 0 spiro atoms. The molecular weight excluding hydrogens is 562 g/mol. The van der Waals surface area contributed by atoms with Crippen molar-refractivity contribution in [2.45, 2.75) is 49.3 Å². The van der Waals surface area contributed by atoms with E-state index < -0.39 is 22.0 Å². The highest BCUT2D eigenvalue weighted by Crippen LogP contribution is 2.49. The zero-order valence-corrected chi connectivity index (χ0v) is 22.2. The molecule has 0 amide bonds. The molecule has 0 radical (unpaired) electrons. The van der Waals surface area contributed by atoms with Gasteiger partial charge in [-0.15, -0.1) is 0 Å². The van der Waals surface area contributed by atoms with E-state index in [9.17, 15) is 27.9 Å². The average Bonchev–Trinajstić information content (AvgIpc) is 2.86. The summed E-state index contributed by atoms with van der Waals surface area (Å²) in [7, 11) is -4.07. The van der Waals surface area contributed by atoms with Gasteiger partial charge in [0, 0.05) is 41.3 Å². The van der Waals surface area contributed by atoms with Gasteiger partial charge in [-0.3, -0.25) is 14.4 Å². The van der Waals surface area contributed by atoms with Gasteiger partial charge >= 0.3 is 16.1 Å². The smallest absolute Gasteiger partial charge is 0.339 e. The zero-order valence-electron chi connectivity index (χ0n) is 19.8. The third-order valence-electron chi connectivity index (χ3n) is 6.90. The van der Waals surface area contributed by atoms with Crippen LogP contribution >= 0.6 is 15.9 Å². The third kappa shape index (κ3) is 4.75. The molecule has 192 valence electrons. The number of benzene rings is 2. The lowest BCUT2D eigenvalue weighted by atomic mass is 9.71. The minimum atomic E-state index is -4.07. The van der Waals surface area contributed by atoms with Crippen molar-refractivity contribution in [1.29, 1.82) is 0 Å². The van der Waals surface area contributed by atoms with Gasteiger partial charge in [-0.2, -0.15) is 8.42 Å². The first-order chi connectivity index (χ1) is 17.7. The van der Waals surface area contributed by atoms with Crippen LogP contribution in [0.15, 0.2) is 80.4 Å². The molecule has 0 fully saturated rings. The molecular formula is C27H24BrNO7S. The van der Waals surface area contributed by atoms with Crippen LogP contribution in [0.5, 0.6) is 5.75 Å². The van der Waals surface area contributed by atoms with Gasteiger partial charge in [0.25, 0.3) is 0 Å². The number of rotatable bonds is 6. The van der Waals surface area contributed by atoms with Crippen molar-refractivity contribution in [3.63, 3.8) is 0 Å². The van der Waals surface area contributed by atoms with Crippen molar-refractivity contribution in [3.8, 4) is 5.75 Å². The van der Waals surface area contributed by atoms with E-state index in [1.54, 1.807) is 35.2 Å². The highest BCUT2D eigenvalue weighted by molar-refractivity contribution is 9.10. The largest absolute Gasteiger partial charge is 0.480 e. The van der Waals surface area contributed by atoms with Gasteiger partial charge in [0.05, 0.1) is 4.47 Å². The summed E-state index contributed by atoms with van der Waals surface area (Å²) in [5.74, 6) is -1.81. The van der Waals surface area contributed by atoms with Crippen LogP contribution in [-0.2, 0) is 24.5 Å². The SMILES string of the molecule is O=C(O)CN1C2=C(C(=O)CCC2)C(c2ccc(OS(=O)(=O)c3ccccc3)c(Br)c2)C2=C1CCCC2=O. The molecule has 5 rings (SSSR count). The van der Waals surface area contributed by atoms with Crippen molar-refractivity contribution >= 4 is 43.6 Å². The van der Waals surface area contributed by atoms with E-state index in [-0.39, 0.29) is 28.8 Å². The predicted octanol–water partition coefficient (Wildman–Crippen LogP) is 4.71. The molecule has 0 unspecified atom stereocenters. The fourth-order valence-corrected chi connectivity index (χ4v) is 6.95. The molecule has 0 saturated carbocycles. The fraction of sp³-hybridized carbons (Fsp3) is 0.296. The van der Waals surface area contributed by atoms with Crippen LogP contribution in [-0.4, -0.2) is 42.5 Å². The molecule has 0 saturated heterocycles. The van der Waals surface area contributed by atoms with Crippen LogP contribution in [0.25, 0.3) is 0 Å². The number of carboxylic acid groups (broad SMARTS) is 1. The first kappa shape index (κ1) is 25.4. The number of Topliss-reactive ketones (excluding diaryl/α,β-unsaturated/α-hetero) is 2. The summed E-state index contributed by atoms with van der Waals surface area (Å²) >= 11 is 3.41. The number of hydrogen-bond acceptors (Lipinski definition) is 7. The molecule has 1 aliphatic heterocycles. The van der Waals surface area contributed by atoms with Crippen molar-refractivity contribution in [2.75, 3.05) is 6.54 Å². The number of carbonyl (C=O) groups is 3. The van der Waals surface area contributed by atoms with E-state index in [0.717, 1.165) is 0 Å². The van der Waals surface area contributed by atoms with Gasteiger partial charge in [0.15, 0.2) is 17.3 Å². The van der Waals surface area contributed by atoms with E-state index in [0.29, 0.717) is 71.1 Å². The second kappa shape index (κ2) is 9.90. The lowest BCUT2D eigenvalue weighted by Gasteiger charge is -2.43. The van der Waals surface area contributed by atoms with Crippen LogP contribution in [0.4, 0.5) is 0 Å². The normalized spacial score (nSPS) is 18.6. The molecule has 0 aromatic heterocycles. The fourth-order valence-electron chi connectivity index (χ4n) is 5.39. The van der Waals surface area contributed by atoms with Gasteiger partial charge in [0.1, 0.15) is 11.4 Å². The summed E-state index contributed by atoms with van der Waals surface area (Å²) in [6, 6.07) is 12.6. The molecule has 8 nitrogen and oxygen atoms in total. The Morgan fingerprint density at radius 2 is 1.54 bits per heavy atom. The molecule has 2 aromatic carbocycles. The summed E-state index contributed by atoms with van der Waals surface area (Å²) in [6.07, 6.45) is 2.98. The van der Waals surface area contributed by atoms with Crippen LogP contribution in [0.3, 0.4) is 0 Å². The number of carboxylic acids is 1. The van der Waals surface area contributed by atoms with Crippen LogP contribution in [0.1, 0.15) is 50.0 Å². The summed E-state index contributed by atoms with van der Waals surface area (Å²) in [5.41, 5.74) is 2.88. The van der Waals surface area contributed by atoms with Crippen molar-refractivity contribution < 1.29 is 32.1 Å². The Morgan fingerprint density at radius 3 is 2.08 bits per heavy atom. The molecule has 2 aromatic rings. The maximum atomic E-state index is 13.2. The monoisotopic (exact) mass is 585 g/mol. The van der Waals surface area contributed by atoms with Crippen LogP contribution < -0.4 is 4.18 Å². The Hall–Kier alpha value is -3.24. The van der Waals surface area contributed by atoms with Gasteiger partial charge in [-0.05, 0) is 71.4 Å². The second-order valence-corrected chi connectivity index (χ2v) is 11.6.